The molecule has 33 heavy (non-hydrogen) atoms. The third kappa shape index (κ3) is 3.86. The normalized spacial score (nSPS) is 14.0. The summed E-state index contributed by atoms with van der Waals surface area (Å²) in [6.07, 6.45) is -2.34. The second kappa shape index (κ2) is 8.03. The molecule has 0 bridgehead atoms. The molecule has 0 aliphatic rings. The molecule has 0 aromatic heterocycles. The Morgan fingerprint density at radius 2 is 1.64 bits per heavy atom. The first kappa shape index (κ1) is 22.5. The van der Waals surface area contributed by atoms with E-state index in [0.29, 0.717) is 5.56 Å². The Morgan fingerprint density at radius 3 is 2.24 bits per heavy atom. The number of halogens is 3. The number of benzene rings is 4. The van der Waals surface area contributed by atoms with Gasteiger partial charge in [-0.15, -0.1) is 0 Å². The predicted molar refractivity (Wildman–Crippen MR) is 116 cm³/mol. The molecule has 6 nitrogen and oxygen atoms in total. The van der Waals surface area contributed by atoms with Gasteiger partial charge >= 0.3 is 21.3 Å². The molecule has 1 N–H and O–H groups in total. The van der Waals surface area contributed by atoms with Crippen molar-refractivity contribution in [3.05, 3.63) is 65.7 Å². The van der Waals surface area contributed by atoms with Gasteiger partial charge in [-0.3, -0.25) is 4.55 Å². The molecule has 10 heteroatoms. The van der Waals surface area contributed by atoms with Gasteiger partial charge in [0.1, 0.15) is 18.2 Å². The lowest BCUT2D eigenvalue weighted by atomic mass is 9.91. The summed E-state index contributed by atoms with van der Waals surface area (Å²) in [4.78, 5) is 12.2. The van der Waals surface area contributed by atoms with Crippen molar-refractivity contribution in [2.45, 2.75) is 11.4 Å². The maximum absolute atomic E-state index is 13.6. The van der Waals surface area contributed by atoms with Crippen LogP contribution in [0.5, 0.6) is 0 Å². The molecule has 0 heterocycles. The summed E-state index contributed by atoms with van der Waals surface area (Å²) in [5, 5.41) is 9.74. The number of ether oxygens (including phenoxy) is 1. The van der Waals surface area contributed by atoms with Crippen molar-refractivity contribution in [3.8, 4) is 6.07 Å². The SMILES string of the molecule is N#CC(=Cc1ccc2ccc3cccc4ccc1c2c34)C(=O)OCC(F)C(F)(F)S(=O)(=O)O. The van der Waals surface area contributed by atoms with Gasteiger partial charge in [-0.05, 0) is 44.0 Å². The highest BCUT2D eigenvalue weighted by Gasteiger charge is 2.53. The summed E-state index contributed by atoms with van der Waals surface area (Å²) in [5.74, 6) is -1.42. The van der Waals surface area contributed by atoms with Gasteiger partial charge in [0.2, 0.25) is 6.17 Å². The minimum atomic E-state index is -6.05. The zero-order chi connectivity index (χ0) is 24.0. The van der Waals surface area contributed by atoms with Gasteiger partial charge in [-0.2, -0.15) is 22.5 Å². The van der Waals surface area contributed by atoms with Crippen LogP contribution in [-0.2, 0) is 19.6 Å². The molecule has 0 saturated heterocycles. The molecule has 0 radical (unpaired) electrons. The van der Waals surface area contributed by atoms with Gasteiger partial charge in [0.25, 0.3) is 0 Å². The molecule has 1 unspecified atom stereocenters. The van der Waals surface area contributed by atoms with Gasteiger partial charge in [0, 0.05) is 0 Å². The number of nitrogens with zero attached hydrogens (tertiary/aromatic N) is 1. The highest BCUT2D eigenvalue weighted by Crippen LogP contribution is 2.36. The number of carbonyl (C=O) groups is 1. The largest absolute Gasteiger partial charge is 0.458 e. The number of hydrogen-bond acceptors (Lipinski definition) is 5. The lowest BCUT2D eigenvalue weighted by Crippen LogP contribution is -2.41. The fraction of sp³-hybridized carbons (Fsp3) is 0.130. The topological polar surface area (TPSA) is 104 Å². The second-order valence-corrected chi connectivity index (χ2v) is 8.78. The number of rotatable bonds is 6. The van der Waals surface area contributed by atoms with Crippen molar-refractivity contribution in [2.24, 2.45) is 0 Å². The van der Waals surface area contributed by atoms with E-state index in [2.05, 4.69) is 4.74 Å². The average Bonchev–Trinajstić information content (AvgIpc) is 2.78. The molecular formula is C23H14F3NO5S. The molecule has 1 atom stereocenters. The summed E-state index contributed by atoms with van der Waals surface area (Å²) < 4.78 is 74.2. The lowest BCUT2D eigenvalue weighted by Gasteiger charge is -2.17. The van der Waals surface area contributed by atoms with Gasteiger partial charge in [-0.1, -0.05) is 54.6 Å². The van der Waals surface area contributed by atoms with Crippen molar-refractivity contribution in [3.63, 3.8) is 0 Å². The van der Waals surface area contributed by atoms with E-state index >= 15 is 0 Å². The summed E-state index contributed by atoms with van der Waals surface area (Å²) in [5.41, 5.74) is -0.137. The number of carbonyl (C=O) groups excluding carboxylic acids is 1. The van der Waals surface area contributed by atoms with Crippen molar-refractivity contribution < 1.29 is 35.7 Å². The van der Waals surface area contributed by atoms with Crippen LogP contribution in [0.25, 0.3) is 38.4 Å². The van der Waals surface area contributed by atoms with E-state index in [1.807, 2.05) is 42.5 Å². The van der Waals surface area contributed by atoms with Crippen LogP contribution in [0.2, 0.25) is 0 Å². The molecular weight excluding hydrogens is 459 g/mol. The molecule has 0 fully saturated rings. The van der Waals surface area contributed by atoms with Crippen LogP contribution in [0.3, 0.4) is 0 Å². The van der Waals surface area contributed by atoms with Crippen LogP contribution in [-0.4, -0.2) is 37.0 Å². The fourth-order valence-electron chi connectivity index (χ4n) is 3.66. The van der Waals surface area contributed by atoms with Crippen molar-refractivity contribution >= 4 is 54.5 Å². The van der Waals surface area contributed by atoms with E-state index in [1.54, 1.807) is 18.2 Å². The smallest absolute Gasteiger partial charge is 0.403 e. The summed E-state index contributed by atoms with van der Waals surface area (Å²) >= 11 is 0. The number of hydrogen-bond donors (Lipinski definition) is 1. The fourth-order valence-corrected chi connectivity index (χ4v) is 4.05. The van der Waals surface area contributed by atoms with Gasteiger partial charge < -0.3 is 4.74 Å². The molecule has 4 aromatic rings. The monoisotopic (exact) mass is 473 g/mol. The zero-order valence-corrected chi connectivity index (χ0v) is 17.4. The quantitative estimate of drug-likeness (QED) is 0.141. The highest BCUT2D eigenvalue weighted by molar-refractivity contribution is 7.86. The Morgan fingerprint density at radius 1 is 1.06 bits per heavy atom. The van der Waals surface area contributed by atoms with Gasteiger partial charge in [-0.25, -0.2) is 9.18 Å². The van der Waals surface area contributed by atoms with Crippen molar-refractivity contribution in [1.29, 1.82) is 5.26 Å². The zero-order valence-electron chi connectivity index (χ0n) is 16.6. The Labute approximate surface area is 185 Å². The van der Waals surface area contributed by atoms with Crippen LogP contribution in [0.4, 0.5) is 13.2 Å². The molecule has 0 aliphatic carbocycles. The van der Waals surface area contributed by atoms with Crippen LogP contribution in [0, 0.1) is 11.3 Å². The van der Waals surface area contributed by atoms with E-state index in [9.17, 15) is 31.6 Å². The summed E-state index contributed by atoms with van der Waals surface area (Å²) in [6.45, 7) is -1.68. The summed E-state index contributed by atoms with van der Waals surface area (Å²) in [6, 6.07) is 18.5. The maximum Gasteiger partial charge on any atom is 0.403 e. The second-order valence-electron chi connectivity index (χ2n) is 7.28. The molecule has 4 rings (SSSR count). The first-order valence-corrected chi connectivity index (χ1v) is 10.9. The Hall–Kier alpha value is -3.68. The minimum absolute atomic E-state index is 0.467. The molecule has 0 amide bonds. The molecule has 0 aliphatic heterocycles. The van der Waals surface area contributed by atoms with Gasteiger partial charge in [0.15, 0.2) is 0 Å². The van der Waals surface area contributed by atoms with Crippen LogP contribution >= 0.6 is 0 Å². The molecule has 168 valence electrons. The first-order valence-electron chi connectivity index (χ1n) is 9.49. The molecule has 4 aromatic carbocycles. The lowest BCUT2D eigenvalue weighted by molar-refractivity contribution is -0.143. The molecule has 0 saturated carbocycles. The van der Waals surface area contributed by atoms with Crippen LogP contribution < -0.4 is 0 Å². The summed E-state index contributed by atoms with van der Waals surface area (Å²) in [7, 11) is -6.05. The van der Waals surface area contributed by atoms with E-state index in [-0.39, 0.29) is 0 Å². The van der Waals surface area contributed by atoms with E-state index in [0.717, 1.165) is 32.3 Å². The number of nitriles is 1. The third-order valence-electron chi connectivity index (χ3n) is 5.27. The number of alkyl halides is 3. The van der Waals surface area contributed by atoms with E-state index in [4.69, 9.17) is 4.55 Å². The van der Waals surface area contributed by atoms with Crippen molar-refractivity contribution in [2.75, 3.05) is 6.61 Å². The number of esters is 1. The minimum Gasteiger partial charge on any atom is -0.458 e. The Balaban J connectivity index is 1.69. The average molecular weight is 473 g/mol. The van der Waals surface area contributed by atoms with Crippen molar-refractivity contribution in [1.82, 2.24) is 0 Å². The Bertz CT molecular complexity index is 1560. The van der Waals surface area contributed by atoms with Gasteiger partial charge in [0.05, 0.1) is 0 Å². The standard InChI is InChI=1S/C23H14F3NO5S/c24-19(23(25,26)33(29,30)31)12-32-22(28)17(11-27)10-16-7-6-15-5-4-13-2-1-3-14-8-9-18(16)21(15)20(13)14/h1-10,19H,12H2,(H,29,30,31). The van der Waals surface area contributed by atoms with Crippen LogP contribution in [0.1, 0.15) is 5.56 Å². The van der Waals surface area contributed by atoms with E-state index in [1.165, 1.54) is 6.08 Å². The molecule has 0 spiro atoms. The van der Waals surface area contributed by atoms with E-state index < -0.39 is 39.7 Å². The first-order chi connectivity index (χ1) is 15.5. The highest BCUT2D eigenvalue weighted by atomic mass is 32.2. The Kier molecular flexibility index (Phi) is 5.47. The third-order valence-corrected chi connectivity index (χ3v) is 6.22. The maximum atomic E-state index is 13.6. The van der Waals surface area contributed by atoms with Crippen LogP contribution in [0.15, 0.2) is 60.2 Å². The predicted octanol–water partition coefficient (Wildman–Crippen LogP) is 4.85.